The number of nitrogens with two attached hydrogens (primary N) is 1. The number of amides is 1. The molecule has 3 heteroatoms. The number of carbonyl (C=O) groups excluding carboxylic acids is 1. The molecule has 1 aliphatic heterocycles. The smallest absolute Gasteiger partial charge is 0.223 e. The van der Waals surface area contributed by atoms with Gasteiger partial charge in [0.2, 0.25) is 5.91 Å². The van der Waals surface area contributed by atoms with E-state index in [-0.39, 0.29) is 0 Å². The lowest BCUT2D eigenvalue weighted by Crippen LogP contribution is -2.39. The molecule has 0 aromatic carbocycles. The first-order valence-electron chi connectivity index (χ1n) is 6.66. The highest BCUT2D eigenvalue weighted by atomic mass is 16.2. The number of carbonyl (C=O) groups is 1. The summed E-state index contributed by atoms with van der Waals surface area (Å²) in [5.74, 6) is 2.23. The predicted molar refractivity (Wildman–Crippen MR) is 64.8 cm³/mol. The number of likely N-dealkylation sites (tertiary alicyclic amines) is 1. The maximum absolute atomic E-state index is 11.9. The largest absolute Gasteiger partial charge is 0.339 e. The Bertz CT molecular complexity index is 267. The van der Waals surface area contributed by atoms with E-state index in [1.165, 1.54) is 19.3 Å². The molecule has 0 radical (unpaired) electrons. The Balaban J connectivity index is 2.01. The summed E-state index contributed by atoms with van der Waals surface area (Å²) in [7, 11) is 0. The molecule has 92 valence electrons. The van der Waals surface area contributed by atoms with Crippen LogP contribution in [0.15, 0.2) is 0 Å². The molecule has 2 fully saturated rings. The van der Waals surface area contributed by atoms with Crippen LogP contribution in [0.4, 0.5) is 0 Å². The highest BCUT2D eigenvalue weighted by Crippen LogP contribution is 2.38. The van der Waals surface area contributed by atoms with Crippen molar-refractivity contribution in [1.29, 1.82) is 0 Å². The van der Waals surface area contributed by atoms with Gasteiger partial charge in [-0.25, -0.2) is 0 Å². The third-order valence-electron chi connectivity index (χ3n) is 4.68. The normalized spacial score (nSPS) is 39.7. The zero-order valence-corrected chi connectivity index (χ0v) is 10.5. The molecule has 2 aliphatic rings. The second-order valence-electron chi connectivity index (χ2n) is 5.52. The molecular formula is C13H24N2O. The van der Waals surface area contributed by atoms with Gasteiger partial charge in [-0.1, -0.05) is 20.3 Å². The Kier molecular flexibility index (Phi) is 3.53. The van der Waals surface area contributed by atoms with Gasteiger partial charge in [0.05, 0.1) is 0 Å². The first kappa shape index (κ1) is 11.9. The maximum atomic E-state index is 11.9. The van der Waals surface area contributed by atoms with Gasteiger partial charge in [-0.3, -0.25) is 4.79 Å². The fourth-order valence-corrected chi connectivity index (χ4v) is 3.53. The molecule has 2 rings (SSSR count). The maximum Gasteiger partial charge on any atom is 0.223 e. The van der Waals surface area contributed by atoms with Crippen LogP contribution in [0.5, 0.6) is 0 Å². The van der Waals surface area contributed by atoms with Crippen molar-refractivity contribution in [1.82, 2.24) is 4.90 Å². The quantitative estimate of drug-likeness (QED) is 0.792. The highest BCUT2D eigenvalue weighted by molar-refractivity contribution is 5.79. The summed E-state index contributed by atoms with van der Waals surface area (Å²) >= 11 is 0. The van der Waals surface area contributed by atoms with E-state index in [0.29, 0.717) is 36.8 Å². The standard InChI is InChI=1S/C13H24N2O/c1-3-11-4-5-12(9(11)2)15-8-10(7-14)6-13(15)16/h9-12H,3-8,14H2,1-2H3. The van der Waals surface area contributed by atoms with Crippen molar-refractivity contribution < 1.29 is 4.79 Å². The fraction of sp³-hybridized carbons (Fsp3) is 0.923. The van der Waals surface area contributed by atoms with Gasteiger partial charge in [-0.2, -0.15) is 0 Å². The average Bonchev–Trinajstić information content (AvgIpc) is 2.81. The minimum Gasteiger partial charge on any atom is -0.339 e. The molecule has 1 saturated carbocycles. The summed E-state index contributed by atoms with van der Waals surface area (Å²) in [5, 5.41) is 0. The Morgan fingerprint density at radius 1 is 1.44 bits per heavy atom. The van der Waals surface area contributed by atoms with Crippen molar-refractivity contribution in [3.05, 3.63) is 0 Å². The summed E-state index contributed by atoms with van der Waals surface area (Å²) < 4.78 is 0. The lowest BCUT2D eigenvalue weighted by molar-refractivity contribution is -0.130. The average molecular weight is 224 g/mol. The van der Waals surface area contributed by atoms with Crippen LogP contribution in [0.2, 0.25) is 0 Å². The van der Waals surface area contributed by atoms with Crippen molar-refractivity contribution in [3.63, 3.8) is 0 Å². The van der Waals surface area contributed by atoms with E-state index in [1.807, 2.05) is 0 Å². The van der Waals surface area contributed by atoms with E-state index >= 15 is 0 Å². The van der Waals surface area contributed by atoms with E-state index in [2.05, 4.69) is 18.7 Å². The molecule has 0 aromatic rings. The van der Waals surface area contributed by atoms with E-state index < -0.39 is 0 Å². The Labute approximate surface area is 98.4 Å². The lowest BCUT2D eigenvalue weighted by Gasteiger charge is -2.29. The SMILES string of the molecule is CCC1CCC(N2CC(CN)CC2=O)C1C. The number of hydrogen-bond donors (Lipinski definition) is 1. The summed E-state index contributed by atoms with van der Waals surface area (Å²) in [5.41, 5.74) is 5.67. The van der Waals surface area contributed by atoms with Gasteiger partial charge in [-0.15, -0.1) is 0 Å². The second kappa shape index (κ2) is 4.74. The van der Waals surface area contributed by atoms with Crippen LogP contribution < -0.4 is 5.73 Å². The van der Waals surface area contributed by atoms with Crippen molar-refractivity contribution in [2.45, 2.75) is 45.6 Å². The van der Waals surface area contributed by atoms with Gasteiger partial charge < -0.3 is 10.6 Å². The molecule has 0 bridgehead atoms. The van der Waals surface area contributed by atoms with Crippen LogP contribution in [0.1, 0.15) is 39.5 Å². The highest BCUT2D eigenvalue weighted by Gasteiger charge is 2.41. The molecule has 2 N–H and O–H groups in total. The second-order valence-corrected chi connectivity index (χ2v) is 5.52. The topological polar surface area (TPSA) is 46.3 Å². The lowest BCUT2D eigenvalue weighted by atomic mass is 9.93. The minimum absolute atomic E-state index is 0.337. The van der Waals surface area contributed by atoms with E-state index in [4.69, 9.17) is 5.73 Å². The zero-order valence-electron chi connectivity index (χ0n) is 10.5. The van der Waals surface area contributed by atoms with Gasteiger partial charge in [0.25, 0.3) is 0 Å². The summed E-state index contributed by atoms with van der Waals surface area (Å²) in [6, 6.07) is 0.494. The van der Waals surface area contributed by atoms with Gasteiger partial charge in [0, 0.05) is 19.0 Å². The Hall–Kier alpha value is -0.570. The summed E-state index contributed by atoms with van der Waals surface area (Å²) in [4.78, 5) is 14.1. The summed E-state index contributed by atoms with van der Waals surface area (Å²) in [6.45, 7) is 6.13. The van der Waals surface area contributed by atoms with Gasteiger partial charge in [0.15, 0.2) is 0 Å². The number of hydrogen-bond acceptors (Lipinski definition) is 2. The first-order valence-corrected chi connectivity index (χ1v) is 6.66. The third-order valence-corrected chi connectivity index (χ3v) is 4.68. The van der Waals surface area contributed by atoms with Crippen molar-refractivity contribution in [2.75, 3.05) is 13.1 Å². The number of nitrogens with zero attached hydrogens (tertiary/aromatic N) is 1. The minimum atomic E-state index is 0.337. The third kappa shape index (κ3) is 1.97. The number of rotatable bonds is 3. The van der Waals surface area contributed by atoms with Crippen LogP contribution in [-0.4, -0.2) is 29.9 Å². The Morgan fingerprint density at radius 2 is 2.19 bits per heavy atom. The van der Waals surface area contributed by atoms with Crippen LogP contribution in [0.25, 0.3) is 0 Å². The van der Waals surface area contributed by atoms with Crippen molar-refractivity contribution in [3.8, 4) is 0 Å². The van der Waals surface area contributed by atoms with Gasteiger partial charge in [0.1, 0.15) is 0 Å². The Morgan fingerprint density at radius 3 is 2.69 bits per heavy atom. The molecule has 1 saturated heterocycles. The molecule has 3 nitrogen and oxygen atoms in total. The molecule has 1 amide bonds. The van der Waals surface area contributed by atoms with Crippen molar-refractivity contribution in [2.24, 2.45) is 23.5 Å². The molecule has 0 aromatic heterocycles. The van der Waals surface area contributed by atoms with Crippen LogP contribution >= 0.6 is 0 Å². The van der Waals surface area contributed by atoms with E-state index in [1.54, 1.807) is 0 Å². The van der Waals surface area contributed by atoms with E-state index in [0.717, 1.165) is 12.5 Å². The summed E-state index contributed by atoms with van der Waals surface area (Å²) in [6.07, 6.45) is 4.42. The van der Waals surface area contributed by atoms with Crippen molar-refractivity contribution >= 4 is 5.91 Å². The molecule has 1 heterocycles. The molecule has 1 aliphatic carbocycles. The van der Waals surface area contributed by atoms with Crippen LogP contribution in [0.3, 0.4) is 0 Å². The van der Waals surface area contributed by atoms with E-state index in [9.17, 15) is 4.79 Å². The van der Waals surface area contributed by atoms with Crippen LogP contribution in [0, 0.1) is 17.8 Å². The molecule has 16 heavy (non-hydrogen) atoms. The van der Waals surface area contributed by atoms with Gasteiger partial charge >= 0.3 is 0 Å². The monoisotopic (exact) mass is 224 g/mol. The predicted octanol–water partition coefficient (Wildman–Crippen LogP) is 1.62. The molecule has 0 spiro atoms. The molecule has 4 atom stereocenters. The van der Waals surface area contributed by atoms with Gasteiger partial charge in [-0.05, 0) is 37.1 Å². The van der Waals surface area contributed by atoms with Crippen LogP contribution in [-0.2, 0) is 4.79 Å². The zero-order chi connectivity index (χ0) is 11.7. The molecule has 4 unspecified atom stereocenters. The fourth-order valence-electron chi connectivity index (χ4n) is 3.53. The first-order chi connectivity index (χ1) is 7.67. The molecular weight excluding hydrogens is 200 g/mol.